The highest BCUT2D eigenvalue weighted by Gasteiger charge is 2.45. The Morgan fingerprint density at radius 1 is 0.667 bits per heavy atom. The molecule has 2 atom stereocenters. The fourth-order valence-electron chi connectivity index (χ4n) is 6.41. The highest BCUT2D eigenvalue weighted by Crippen LogP contribution is 2.79. The smallest absolute Gasteiger partial charge is 0.0584 e. The van der Waals surface area contributed by atoms with Gasteiger partial charge in [0.2, 0.25) is 0 Å². The van der Waals surface area contributed by atoms with Crippen LogP contribution >= 0.6 is 32.7 Å². The van der Waals surface area contributed by atoms with Crippen LogP contribution in [0.2, 0.25) is 0 Å². The maximum absolute atomic E-state index is 2.67. The fourth-order valence-corrected chi connectivity index (χ4v) is 14.4. The number of aryl methyl sites for hydroxylation is 2. The summed E-state index contributed by atoms with van der Waals surface area (Å²) in [6.45, 7) is 24.7. The highest BCUT2D eigenvalue weighted by molar-refractivity contribution is 8.34. The standard InChI is InChI=1S/C37H56S3.C3H8.C2H6/c1-8-11-13-15-16-18-20-30(19-17-14-12-9-2)27-40(31-23-21-29(10-3)22-24-31)32-25-28(4)38-35(32)36-33(40)26-34(39-36)37(5,6)7;1-3-2;1-2/h21-26,30H,8-20,27H2,1-7H3;3H2,1-2H3;1-2H3. The lowest BCUT2D eigenvalue weighted by molar-refractivity contribution is 0.438. The Labute approximate surface area is 290 Å². The molecule has 2 unspecified atom stereocenters. The van der Waals surface area contributed by atoms with Crippen molar-refractivity contribution >= 4 is 32.7 Å². The zero-order valence-corrected chi connectivity index (χ0v) is 33.8. The first kappa shape index (κ1) is 40.1. The molecule has 0 nitrogen and oxygen atoms in total. The molecule has 0 saturated heterocycles. The van der Waals surface area contributed by atoms with Crippen LogP contribution in [0.15, 0.2) is 51.1 Å². The molecule has 0 N–H and O–H groups in total. The summed E-state index contributed by atoms with van der Waals surface area (Å²) in [5.74, 6) is 2.15. The van der Waals surface area contributed by atoms with Gasteiger partial charge in [0.15, 0.2) is 0 Å². The van der Waals surface area contributed by atoms with E-state index >= 15 is 0 Å². The van der Waals surface area contributed by atoms with Crippen molar-refractivity contribution in [2.24, 2.45) is 5.92 Å². The Balaban J connectivity index is 0.00000133. The molecule has 1 aliphatic rings. The minimum Gasteiger partial charge on any atom is -0.157 e. The SMILES string of the molecule is CC.CCC.CCCCCCCCC(CCCCCC)CS1(c2ccc(CC)cc2)c2cc(C)sc2-c2sc(C(C)(C)C)cc21. The number of unbranched alkanes of at least 4 members (excludes halogenated alkanes) is 8. The van der Waals surface area contributed by atoms with Gasteiger partial charge in [0.05, 0.1) is 9.75 Å². The van der Waals surface area contributed by atoms with E-state index in [2.05, 4.69) is 121 Å². The van der Waals surface area contributed by atoms with Crippen LogP contribution < -0.4 is 0 Å². The molecule has 0 bridgehead atoms. The Morgan fingerprint density at radius 2 is 1.16 bits per heavy atom. The van der Waals surface area contributed by atoms with Gasteiger partial charge >= 0.3 is 0 Å². The average molecular weight is 671 g/mol. The predicted octanol–water partition coefficient (Wildman–Crippen LogP) is 16.0. The molecule has 0 saturated carbocycles. The van der Waals surface area contributed by atoms with E-state index in [1.165, 1.54) is 99.7 Å². The molecule has 0 spiro atoms. The third-order valence-electron chi connectivity index (χ3n) is 8.87. The molecule has 0 radical (unpaired) electrons. The van der Waals surface area contributed by atoms with Crippen LogP contribution in [0.1, 0.15) is 168 Å². The van der Waals surface area contributed by atoms with Crippen molar-refractivity contribution in [2.45, 2.75) is 186 Å². The van der Waals surface area contributed by atoms with Crippen molar-refractivity contribution in [1.82, 2.24) is 0 Å². The van der Waals surface area contributed by atoms with Gasteiger partial charge in [-0.15, -0.1) is 22.7 Å². The van der Waals surface area contributed by atoms with Crippen molar-refractivity contribution in [3.8, 4) is 9.75 Å². The number of hydrogen-bond donors (Lipinski definition) is 0. The van der Waals surface area contributed by atoms with Crippen molar-refractivity contribution in [2.75, 3.05) is 5.75 Å². The zero-order valence-electron chi connectivity index (χ0n) is 31.4. The Bertz CT molecular complexity index is 1210. The Kier molecular flexibility index (Phi) is 18.2. The van der Waals surface area contributed by atoms with E-state index < -0.39 is 10.0 Å². The second kappa shape index (κ2) is 20.4. The molecule has 0 fully saturated rings. The number of benzene rings is 1. The summed E-state index contributed by atoms with van der Waals surface area (Å²) in [6.07, 6.45) is 19.1. The van der Waals surface area contributed by atoms with Gasteiger partial charge in [-0.2, -0.15) is 10.0 Å². The van der Waals surface area contributed by atoms with Gasteiger partial charge < -0.3 is 0 Å². The maximum Gasteiger partial charge on any atom is 0.0584 e. The molecule has 0 aliphatic carbocycles. The normalized spacial score (nSPS) is 17.3. The van der Waals surface area contributed by atoms with Gasteiger partial charge in [-0.05, 0) is 78.0 Å². The summed E-state index contributed by atoms with van der Waals surface area (Å²) in [5, 5.41) is 0. The van der Waals surface area contributed by atoms with Crippen molar-refractivity contribution in [3.63, 3.8) is 0 Å². The molecular formula is C42H70S3. The fraction of sp³-hybridized carbons (Fsp3) is 0.667. The number of rotatable bonds is 16. The lowest BCUT2D eigenvalue weighted by Gasteiger charge is -2.41. The van der Waals surface area contributed by atoms with E-state index in [1.54, 1.807) is 29.3 Å². The summed E-state index contributed by atoms with van der Waals surface area (Å²) < 4.78 is 0. The van der Waals surface area contributed by atoms with Crippen molar-refractivity contribution in [3.05, 3.63) is 51.7 Å². The van der Waals surface area contributed by atoms with E-state index in [0.29, 0.717) is 0 Å². The Hall–Kier alpha value is -1.03. The lowest BCUT2D eigenvalue weighted by atomic mass is 9.95. The minimum absolute atomic E-state index is 0.191. The quantitative estimate of drug-likeness (QED) is 0.133. The second-order valence-electron chi connectivity index (χ2n) is 14.0. The van der Waals surface area contributed by atoms with Gasteiger partial charge in [-0.25, -0.2) is 0 Å². The van der Waals surface area contributed by atoms with E-state index in [9.17, 15) is 0 Å². The maximum atomic E-state index is 2.67. The second-order valence-corrected chi connectivity index (χ2v) is 19.5. The van der Waals surface area contributed by atoms with Crippen LogP contribution in [-0.4, -0.2) is 5.75 Å². The number of thiophene rings is 2. The molecule has 3 aromatic rings. The third-order valence-corrected chi connectivity index (χ3v) is 16.1. The van der Waals surface area contributed by atoms with Crippen LogP contribution in [-0.2, 0) is 11.8 Å². The lowest BCUT2D eigenvalue weighted by Crippen LogP contribution is -2.15. The molecule has 45 heavy (non-hydrogen) atoms. The molecule has 4 rings (SSSR count). The monoisotopic (exact) mass is 670 g/mol. The summed E-state index contributed by atoms with van der Waals surface area (Å²) in [7, 11) is -1.27. The van der Waals surface area contributed by atoms with Crippen LogP contribution in [0.25, 0.3) is 9.75 Å². The number of hydrogen-bond acceptors (Lipinski definition) is 2. The van der Waals surface area contributed by atoms with Crippen LogP contribution in [0.4, 0.5) is 0 Å². The first-order valence-electron chi connectivity index (χ1n) is 18.8. The zero-order chi connectivity index (χ0) is 33.5. The first-order valence-corrected chi connectivity index (χ1v) is 22.2. The first-order chi connectivity index (χ1) is 21.7. The summed E-state index contributed by atoms with van der Waals surface area (Å²) in [4.78, 5) is 11.3. The molecule has 3 heterocycles. The van der Waals surface area contributed by atoms with E-state index in [1.807, 2.05) is 13.8 Å². The Morgan fingerprint density at radius 3 is 1.69 bits per heavy atom. The van der Waals surface area contributed by atoms with Crippen molar-refractivity contribution in [1.29, 1.82) is 0 Å². The van der Waals surface area contributed by atoms with E-state index in [0.717, 1.165) is 12.3 Å². The van der Waals surface area contributed by atoms with Gasteiger partial charge in [0, 0.05) is 19.5 Å². The molecule has 3 heteroatoms. The minimum atomic E-state index is -1.27. The van der Waals surface area contributed by atoms with Gasteiger partial charge in [-0.1, -0.05) is 152 Å². The van der Waals surface area contributed by atoms with E-state index in [4.69, 9.17) is 0 Å². The summed E-state index contributed by atoms with van der Waals surface area (Å²) in [5.41, 5.74) is 1.65. The highest BCUT2D eigenvalue weighted by atomic mass is 32.3. The molecule has 2 aromatic heterocycles. The molecule has 1 aromatic carbocycles. The third kappa shape index (κ3) is 10.7. The van der Waals surface area contributed by atoms with Crippen LogP contribution in [0.3, 0.4) is 0 Å². The number of fused-ring (bicyclic) bond motifs is 3. The van der Waals surface area contributed by atoms with Gasteiger partial charge in [0.1, 0.15) is 0 Å². The summed E-state index contributed by atoms with van der Waals surface area (Å²) >= 11 is 4.16. The predicted molar refractivity (Wildman–Crippen MR) is 212 cm³/mol. The van der Waals surface area contributed by atoms with Crippen LogP contribution in [0, 0.1) is 12.8 Å². The molecular weight excluding hydrogens is 601 g/mol. The molecule has 256 valence electrons. The molecule has 0 amide bonds. The van der Waals surface area contributed by atoms with Crippen molar-refractivity contribution < 1.29 is 0 Å². The van der Waals surface area contributed by atoms with Crippen LogP contribution in [0.5, 0.6) is 0 Å². The topological polar surface area (TPSA) is 0 Å². The molecule has 1 aliphatic heterocycles. The summed E-state index contributed by atoms with van der Waals surface area (Å²) in [6, 6.07) is 15.2. The van der Waals surface area contributed by atoms with Gasteiger partial charge in [0.25, 0.3) is 0 Å². The van der Waals surface area contributed by atoms with Gasteiger partial charge in [-0.3, -0.25) is 0 Å². The van der Waals surface area contributed by atoms with E-state index in [-0.39, 0.29) is 5.41 Å². The largest absolute Gasteiger partial charge is 0.157 e. The average Bonchev–Trinajstić information content (AvgIpc) is 3.70.